The monoisotopic (exact) mass is 238 g/mol. The molecule has 0 aromatic rings. The average molecular weight is 238 g/mol. The quantitative estimate of drug-likeness (QED) is 0.433. The van der Waals surface area contributed by atoms with Crippen LogP contribution in [0.25, 0.3) is 0 Å². The van der Waals surface area contributed by atoms with Gasteiger partial charge in [0.15, 0.2) is 0 Å². The highest BCUT2D eigenvalue weighted by Gasteiger charge is 2.36. The minimum Gasteiger partial charge on any atom is -0.377 e. The second kappa shape index (κ2) is 9.27. The summed E-state index contributed by atoms with van der Waals surface area (Å²) in [5.74, 6) is 0. The Kier molecular flexibility index (Phi) is 9.28. The van der Waals surface area contributed by atoms with Crippen LogP contribution in [0.4, 0.5) is 4.39 Å². The first-order chi connectivity index (χ1) is 7.24. The molecule has 0 aliphatic heterocycles. The van der Waals surface area contributed by atoms with Crippen LogP contribution >= 0.6 is 0 Å². The van der Waals surface area contributed by atoms with Gasteiger partial charge in [-0.1, -0.05) is 19.3 Å². The highest BCUT2D eigenvalue weighted by atomic mass is 28.4. The molecular formula is C10H23FO3Si. The Morgan fingerprint density at radius 1 is 0.800 bits per heavy atom. The lowest BCUT2D eigenvalue weighted by Gasteiger charge is -2.24. The molecule has 0 heterocycles. The maximum Gasteiger partial charge on any atom is 0.500 e. The Labute approximate surface area is 93.3 Å². The van der Waals surface area contributed by atoms with E-state index >= 15 is 0 Å². The van der Waals surface area contributed by atoms with Gasteiger partial charge in [0, 0.05) is 27.4 Å². The predicted molar refractivity (Wildman–Crippen MR) is 60.6 cm³/mol. The Morgan fingerprint density at radius 3 is 1.73 bits per heavy atom. The summed E-state index contributed by atoms with van der Waals surface area (Å²) >= 11 is 0. The van der Waals surface area contributed by atoms with Crippen LogP contribution in [0.15, 0.2) is 0 Å². The third-order valence-corrected chi connectivity index (χ3v) is 5.38. The molecule has 0 N–H and O–H groups in total. The first kappa shape index (κ1) is 15.0. The smallest absolute Gasteiger partial charge is 0.377 e. The number of rotatable bonds is 10. The van der Waals surface area contributed by atoms with Crippen molar-refractivity contribution in [3.05, 3.63) is 0 Å². The summed E-state index contributed by atoms with van der Waals surface area (Å²) in [6.45, 7) is -0.201. The van der Waals surface area contributed by atoms with E-state index in [4.69, 9.17) is 13.3 Å². The van der Waals surface area contributed by atoms with Crippen molar-refractivity contribution < 1.29 is 17.7 Å². The van der Waals surface area contributed by atoms with Crippen molar-refractivity contribution in [2.24, 2.45) is 0 Å². The van der Waals surface area contributed by atoms with Crippen LogP contribution in [-0.4, -0.2) is 36.8 Å². The second-order valence-electron chi connectivity index (χ2n) is 3.50. The van der Waals surface area contributed by atoms with Gasteiger partial charge in [-0.25, -0.2) is 0 Å². The molecule has 0 radical (unpaired) electrons. The summed E-state index contributed by atoms with van der Waals surface area (Å²) in [5, 5.41) is 0. The van der Waals surface area contributed by atoms with Gasteiger partial charge in [0.05, 0.1) is 6.67 Å². The van der Waals surface area contributed by atoms with Crippen molar-refractivity contribution >= 4 is 8.80 Å². The van der Waals surface area contributed by atoms with Crippen LogP contribution in [0.1, 0.15) is 32.1 Å². The summed E-state index contributed by atoms with van der Waals surface area (Å²) < 4.78 is 27.7. The first-order valence-electron chi connectivity index (χ1n) is 5.46. The molecule has 0 aromatic heterocycles. The van der Waals surface area contributed by atoms with Crippen molar-refractivity contribution in [1.82, 2.24) is 0 Å². The molecule has 0 aliphatic carbocycles. The van der Waals surface area contributed by atoms with Gasteiger partial charge in [0.25, 0.3) is 0 Å². The van der Waals surface area contributed by atoms with Crippen molar-refractivity contribution in [2.45, 2.75) is 38.1 Å². The number of hydrogen-bond donors (Lipinski definition) is 0. The van der Waals surface area contributed by atoms with Gasteiger partial charge in [0.2, 0.25) is 0 Å². The fourth-order valence-electron chi connectivity index (χ4n) is 1.52. The molecule has 0 atom stereocenters. The molecule has 0 amide bonds. The lowest BCUT2D eigenvalue weighted by atomic mass is 10.2. The van der Waals surface area contributed by atoms with Crippen LogP contribution in [-0.2, 0) is 13.3 Å². The first-order valence-corrected chi connectivity index (χ1v) is 7.39. The lowest BCUT2D eigenvalue weighted by Crippen LogP contribution is -2.42. The van der Waals surface area contributed by atoms with E-state index in [1.807, 2.05) is 0 Å². The number of alkyl halides is 1. The van der Waals surface area contributed by atoms with Gasteiger partial charge >= 0.3 is 8.80 Å². The summed E-state index contributed by atoms with van der Waals surface area (Å²) in [6.07, 6.45) is 4.84. The van der Waals surface area contributed by atoms with Crippen LogP contribution in [0.5, 0.6) is 0 Å². The van der Waals surface area contributed by atoms with Crippen molar-refractivity contribution in [3.8, 4) is 0 Å². The Hall–Kier alpha value is 0.0269. The maximum atomic E-state index is 11.8. The standard InChI is InChI=1S/C10H23FO3Si/c1-12-15(13-2,14-3)10-8-6-4-5-7-9-11/h4-10H2,1-3H3. The van der Waals surface area contributed by atoms with E-state index in [-0.39, 0.29) is 6.67 Å². The molecular weight excluding hydrogens is 215 g/mol. The van der Waals surface area contributed by atoms with Crippen molar-refractivity contribution in [2.75, 3.05) is 28.0 Å². The third-order valence-electron chi connectivity index (χ3n) is 2.55. The second-order valence-corrected chi connectivity index (χ2v) is 6.59. The highest BCUT2D eigenvalue weighted by molar-refractivity contribution is 6.60. The molecule has 0 aromatic carbocycles. The van der Waals surface area contributed by atoms with Crippen LogP contribution in [0, 0.1) is 0 Å². The molecule has 0 rings (SSSR count). The van der Waals surface area contributed by atoms with Gasteiger partial charge in [-0.15, -0.1) is 0 Å². The van der Waals surface area contributed by atoms with Crippen molar-refractivity contribution in [3.63, 3.8) is 0 Å². The number of unbranched alkanes of at least 4 members (excludes halogenated alkanes) is 4. The van der Waals surface area contributed by atoms with Gasteiger partial charge in [-0.2, -0.15) is 0 Å². The number of hydrogen-bond acceptors (Lipinski definition) is 3. The molecule has 15 heavy (non-hydrogen) atoms. The van der Waals surface area contributed by atoms with Gasteiger partial charge in [-0.3, -0.25) is 4.39 Å². The Balaban J connectivity index is 3.54. The fraction of sp³-hybridized carbons (Fsp3) is 1.00. The predicted octanol–water partition coefficient (Wildman–Crippen LogP) is 2.78. The van der Waals surface area contributed by atoms with E-state index in [2.05, 4.69) is 0 Å². The molecule has 92 valence electrons. The van der Waals surface area contributed by atoms with E-state index in [1.54, 1.807) is 21.3 Å². The Morgan fingerprint density at radius 2 is 1.27 bits per heavy atom. The fourth-order valence-corrected chi connectivity index (χ4v) is 3.32. The molecule has 0 spiro atoms. The van der Waals surface area contributed by atoms with Gasteiger partial charge < -0.3 is 13.3 Å². The maximum absolute atomic E-state index is 11.8. The lowest BCUT2D eigenvalue weighted by molar-refractivity contribution is 0.122. The highest BCUT2D eigenvalue weighted by Crippen LogP contribution is 2.17. The van der Waals surface area contributed by atoms with Gasteiger partial charge in [0.1, 0.15) is 0 Å². The molecule has 3 nitrogen and oxygen atoms in total. The number of halogens is 1. The zero-order chi connectivity index (χ0) is 11.6. The van der Waals surface area contributed by atoms with E-state index in [0.717, 1.165) is 31.7 Å². The zero-order valence-corrected chi connectivity index (χ0v) is 11.1. The molecule has 0 bridgehead atoms. The largest absolute Gasteiger partial charge is 0.500 e. The van der Waals surface area contributed by atoms with Crippen molar-refractivity contribution in [1.29, 1.82) is 0 Å². The Bertz CT molecular complexity index is 134. The summed E-state index contributed by atoms with van der Waals surface area (Å²) in [4.78, 5) is 0. The third kappa shape index (κ3) is 6.24. The minimum absolute atomic E-state index is 0.201. The summed E-state index contributed by atoms with van der Waals surface area (Å²) in [7, 11) is 2.52. The van der Waals surface area contributed by atoms with Crippen LogP contribution < -0.4 is 0 Å². The van der Waals surface area contributed by atoms with Crippen LogP contribution in [0.2, 0.25) is 6.04 Å². The summed E-state index contributed by atoms with van der Waals surface area (Å²) in [5.41, 5.74) is 0. The molecule has 0 aliphatic rings. The summed E-state index contributed by atoms with van der Waals surface area (Å²) in [6, 6.07) is 0.839. The molecule has 0 unspecified atom stereocenters. The van der Waals surface area contributed by atoms with Crippen LogP contribution in [0.3, 0.4) is 0 Å². The van der Waals surface area contributed by atoms with E-state index < -0.39 is 8.80 Å². The molecule has 5 heteroatoms. The van der Waals surface area contributed by atoms with E-state index in [1.165, 1.54) is 0 Å². The SMILES string of the molecule is CO[Si](CCCCCCCF)(OC)OC. The average Bonchev–Trinajstić information content (AvgIpc) is 2.29. The topological polar surface area (TPSA) is 27.7 Å². The van der Waals surface area contributed by atoms with E-state index in [9.17, 15) is 4.39 Å². The molecule has 0 saturated heterocycles. The van der Waals surface area contributed by atoms with Gasteiger partial charge in [-0.05, 0) is 12.8 Å². The molecule has 0 fully saturated rings. The minimum atomic E-state index is -2.36. The normalized spacial score (nSPS) is 12.0. The molecule has 0 saturated carbocycles. The van der Waals surface area contributed by atoms with E-state index in [0.29, 0.717) is 6.42 Å². The zero-order valence-electron chi connectivity index (χ0n) is 10.1.